The van der Waals surface area contributed by atoms with Crippen molar-refractivity contribution < 1.29 is 63.3 Å². The van der Waals surface area contributed by atoms with Crippen LogP contribution in [0.4, 0.5) is 0 Å². The summed E-state index contributed by atoms with van der Waals surface area (Å²) in [6.07, 6.45) is 0.00588. The van der Waals surface area contributed by atoms with Crippen LogP contribution in [0.25, 0.3) is 0 Å². The van der Waals surface area contributed by atoms with Gasteiger partial charge in [0.25, 0.3) is 0 Å². The van der Waals surface area contributed by atoms with Gasteiger partial charge in [-0.2, -0.15) is 0 Å². The normalized spacial score (nSPS) is 15.1. The van der Waals surface area contributed by atoms with Crippen molar-refractivity contribution in [3.8, 4) is 0 Å². The molecule has 0 aromatic rings. The summed E-state index contributed by atoms with van der Waals surface area (Å²) < 4.78 is 0. The lowest BCUT2D eigenvalue weighted by atomic mass is 9.98. The minimum Gasteiger partial charge on any atom is -0.481 e. The van der Waals surface area contributed by atoms with Gasteiger partial charge in [-0.25, -0.2) is 4.79 Å². The first-order valence-electron chi connectivity index (χ1n) is 22.2. The van der Waals surface area contributed by atoms with Crippen molar-refractivity contribution in [3.05, 3.63) is 0 Å². The summed E-state index contributed by atoms with van der Waals surface area (Å²) in [7, 11) is 0. The molecule has 0 saturated heterocycles. The third kappa shape index (κ3) is 22.9. The number of amides is 7. The van der Waals surface area contributed by atoms with Crippen molar-refractivity contribution in [1.29, 1.82) is 0 Å². The monoisotopic (exact) mass is 929 g/mol. The van der Waals surface area contributed by atoms with E-state index in [2.05, 4.69) is 37.2 Å². The second-order valence-electron chi connectivity index (χ2n) is 17.5. The molecule has 0 bridgehead atoms. The van der Waals surface area contributed by atoms with Gasteiger partial charge in [-0.05, 0) is 88.1 Å². The molecule has 0 rings (SSSR count). The van der Waals surface area contributed by atoms with Crippen LogP contribution < -0.4 is 54.4 Å². The van der Waals surface area contributed by atoms with Gasteiger partial charge in [-0.15, -0.1) is 0 Å². The molecule has 0 aliphatic rings. The maximum Gasteiger partial charge on any atom is 0.326 e. The van der Waals surface area contributed by atoms with Crippen molar-refractivity contribution in [2.45, 2.75) is 168 Å². The van der Waals surface area contributed by atoms with E-state index in [1.165, 1.54) is 0 Å². The number of rotatable bonds is 33. The molecule has 0 spiro atoms. The Kier molecular flexibility index (Phi) is 28.1. The number of carboxylic acids is 3. The fraction of sp³-hybridized carbons (Fsp3) is 0.762. The van der Waals surface area contributed by atoms with Gasteiger partial charge in [-0.1, -0.05) is 55.4 Å². The van der Waals surface area contributed by atoms with Gasteiger partial charge in [0.05, 0.1) is 6.04 Å². The molecular formula is C42H76N10O13. The van der Waals surface area contributed by atoms with E-state index in [4.69, 9.17) is 17.2 Å². The van der Waals surface area contributed by atoms with Gasteiger partial charge in [0.15, 0.2) is 0 Å². The highest BCUT2D eigenvalue weighted by Gasteiger charge is 2.36. The predicted molar refractivity (Wildman–Crippen MR) is 238 cm³/mol. The van der Waals surface area contributed by atoms with E-state index < -0.39 is 145 Å². The lowest BCUT2D eigenvalue weighted by Gasteiger charge is -2.30. The Morgan fingerprint density at radius 3 is 0.954 bits per heavy atom. The van der Waals surface area contributed by atoms with Crippen LogP contribution in [0.15, 0.2) is 0 Å². The van der Waals surface area contributed by atoms with Crippen LogP contribution in [0.3, 0.4) is 0 Å². The highest BCUT2D eigenvalue weighted by molar-refractivity contribution is 5.98. The molecule has 7 amide bonds. The average molecular weight is 929 g/mol. The van der Waals surface area contributed by atoms with E-state index in [9.17, 15) is 63.3 Å². The molecule has 0 aliphatic heterocycles. The van der Waals surface area contributed by atoms with E-state index in [-0.39, 0.29) is 31.7 Å². The molecule has 0 aromatic heterocycles. The van der Waals surface area contributed by atoms with E-state index in [0.717, 1.165) is 0 Å². The van der Waals surface area contributed by atoms with E-state index in [1.807, 2.05) is 0 Å². The Balaban J connectivity index is 6.47. The Morgan fingerprint density at radius 1 is 0.385 bits per heavy atom. The molecular weight excluding hydrogens is 853 g/mol. The number of carbonyl (C=O) groups is 10. The summed E-state index contributed by atoms with van der Waals surface area (Å²) in [5.41, 5.74) is 17.1. The van der Waals surface area contributed by atoms with Gasteiger partial charge in [0.1, 0.15) is 42.3 Å². The van der Waals surface area contributed by atoms with Gasteiger partial charge in [-0.3, -0.25) is 43.2 Å². The number of hydrogen-bond acceptors (Lipinski definition) is 13. The Morgan fingerprint density at radius 2 is 0.677 bits per heavy atom. The summed E-state index contributed by atoms with van der Waals surface area (Å²) in [4.78, 5) is 130. The SMILES string of the molecule is CC(C)[C@H](N)C(=O)N[C@@H](CCC(=O)O)C(=O)N[C@H](C(=O)N[C@@H](CCCCN)C(=O)N[C@H](C(=O)N[C@@H](CCC(=O)O)C(=O)N[C@H](C(=O)N[C@@H](CCCCN)C(=O)O)C(C)C)C(C)C)C(C)C. The first-order valence-corrected chi connectivity index (χ1v) is 22.2. The highest BCUT2D eigenvalue weighted by atomic mass is 16.4. The van der Waals surface area contributed by atoms with Crippen molar-refractivity contribution in [3.63, 3.8) is 0 Å². The number of carbonyl (C=O) groups excluding carboxylic acids is 7. The smallest absolute Gasteiger partial charge is 0.326 e. The van der Waals surface area contributed by atoms with Crippen LogP contribution in [-0.4, -0.2) is 136 Å². The number of nitrogens with one attached hydrogen (secondary N) is 7. The van der Waals surface area contributed by atoms with Gasteiger partial charge < -0.3 is 69.7 Å². The van der Waals surface area contributed by atoms with Gasteiger partial charge in [0, 0.05) is 12.8 Å². The molecule has 0 fully saturated rings. The van der Waals surface area contributed by atoms with Crippen LogP contribution in [0.2, 0.25) is 0 Å². The lowest BCUT2D eigenvalue weighted by Crippen LogP contribution is -2.61. The summed E-state index contributed by atoms with van der Waals surface area (Å²) in [6.45, 7) is 13.5. The summed E-state index contributed by atoms with van der Waals surface area (Å²) >= 11 is 0. The average Bonchev–Trinajstić information content (AvgIpc) is 3.21. The molecule has 23 heteroatoms. The van der Waals surface area contributed by atoms with E-state index in [0.29, 0.717) is 32.2 Å². The fourth-order valence-electron chi connectivity index (χ4n) is 6.31. The molecule has 0 aromatic carbocycles. The first kappa shape index (κ1) is 59.6. The van der Waals surface area contributed by atoms with E-state index in [1.54, 1.807) is 55.4 Å². The number of carboxylic acid groups (broad SMARTS) is 3. The largest absolute Gasteiger partial charge is 0.481 e. The maximum absolute atomic E-state index is 14.0. The quantitative estimate of drug-likeness (QED) is 0.0330. The van der Waals surface area contributed by atoms with Gasteiger partial charge in [0.2, 0.25) is 41.4 Å². The summed E-state index contributed by atoms with van der Waals surface area (Å²) in [5.74, 6) is -11.8. The molecule has 372 valence electrons. The molecule has 0 heterocycles. The molecule has 65 heavy (non-hydrogen) atoms. The predicted octanol–water partition coefficient (Wildman–Crippen LogP) is -1.60. The molecule has 0 saturated carbocycles. The zero-order chi connectivity index (χ0) is 50.1. The maximum atomic E-state index is 14.0. The lowest BCUT2D eigenvalue weighted by molar-refractivity contribution is -0.143. The molecule has 23 nitrogen and oxygen atoms in total. The third-order valence-electron chi connectivity index (χ3n) is 10.5. The van der Waals surface area contributed by atoms with Crippen LogP contribution in [-0.2, 0) is 47.9 Å². The Hall–Kier alpha value is -5.42. The van der Waals surface area contributed by atoms with Crippen LogP contribution in [0, 0.1) is 23.7 Å². The Bertz CT molecular complexity index is 1610. The second-order valence-corrected chi connectivity index (χ2v) is 17.5. The molecule has 0 aliphatic carbocycles. The van der Waals surface area contributed by atoms with Crippen molar-refractivity contribution in [2.75, 3.05) is 13.1 Å². The van der Waals surface area contributed by atoms with Crippen LogP contribution in [0.1, 0.15) is 120 Å². The third-order valence-corrected chi connectivity index (χ3v) is 10.5. The summed E-state index contributed by atoms with van der Waals surface area (Å²) in [6, 6.07) is -10.4. The number of aliphatic carboxylic acids is 3. The fourth-order valence-corrected chi connectivity index (χ4v) is 6.31. The minimum absolute atomic E-state index is 0.0302. The van der Waals surface area contributed by atoms with Crippen LogP contribution >= 0.6 is 0 Å². The molecule has 0 unspecified atom stereocenters. The van der Waals surface area contributed by atoms with Crippen molar-refractivity contribution in [2.24, 2.45) is 40.9 Å². The second kappa shape index (κ2) is 30.7. The van der Waals surface area contributed by atoms with Crippen molar-refractivity contribution >= 4 is 59.3 Å². The van der Waals surface area contributed by atoms with Gasteiger partial charge >= 0.3 is 17.9 Å². The minimum atomic E-state index is -1.54. The number of unbranched alkanes of at least 4 members (excludes halogenated alkanes) is 2. The van der Waals surface area contributed by atoms with Crippen LogP contribution in [0.5, 0.6) is 0 Å². The first-order chi connectivity index (χ1) is 30.3. The van der Waals surface area contributed by atoms with E-state index >= 15 is 0 Å². The number of nitrogens with two attached hydrogens (primary N) is 3. The highest BCUT2D eigenvalue weighted by Crippen LogP contribution is 2.12. The standard InChI is InChI=1S/C42H76N10O13/c1-21(2)31(45)38(60)46-26(15-17-29(53)54)36(58)51-32(22(3)4)39(61)47-25(13-9-11-19-43)35(57)50-33(23(5)6)40(62)48-27(16-18-30(55)56)37(59)52-34(24(7)8)41(63)49-28(42(64)65)14-10-12-20-44/h21-28,31-34H,9-20,43-45H2,1-8H3,(H,46,60)(H,47,61)(H,48,62)(H,49,63)(H,50,57)(H,51,58)(H,52,59)(H,53,54)(H,55,56)(H,64,65)/t25-,26-,27-,28-,31-,32-,33-,34-/m0/s1. The van der Waals surface area contributed by atoms with Crippen molar-refractivity contribution in [1.82, 2.24) is 37.2 Å². The zero-order valence-electron chi connectivity index (χ0n) is 39.1. The molecule has 0 radical (unpaired) electrons. The molecule has 8 atom stereocenters. The molecule has 16 N–H and O–H groups in total. The zero-order valence-corrected chi connectivity index (χ0v) is 39.1. The topological polar surface area (TPSA) is 394 Å². The Labute approximate surface area is 381 Å². The summed E-state index contributed by atoms with van der Waals surface area (Å²) in [5, 5.41) is 46.0. The number of hydrogen-bond donors (Lipinski definition) is 13.